The summed E-state index contributed by atoms with van der Waals surface area (Å²) in [5.74, 6) is 0.185. The summed E-state index contributed by atoms with van der Waals surface area (Å²) in [7, 11) is 0. The molecule has 0 aliphatic rings. The van der Waals surface area contributed by atoms with Crippen molar-refractivity contribution in [1.82, 2.24) is 0 Å². The molecular formula is C15H14Cl2FNO. The first-order valence-electron chi connectivity index (χ1n) is 6.15. The van der Waals surface area contributed by atoms with Crippen molar-refractivity contribution in [3.8, 4) is 5.75 Å². The fourth-order valence-corrected chi connectivity index (χ4v) is 2.22. The van der Waals surface area contributed by atoms with Crippen LogP contribution in [-0.4, -0.2) is 6.54 Å². The average molecular weight is 314 g/mol. The number of benzene rings is 2. The maximum absolute atomic E-state index is 13.1. The van der Waals surface area contributed by atoms with E-state index < -0.39 is 0 Å². The van der Waals surface area contributed by atoms with Crippen LogP contribution in [0, 0.1) is 5.82 Å². The Balaban J connectivity index is 2.09. The van der Waals surface area contributed by atoms with Gasteiger partial charge in [-0.05, 0) is 48.9 Å². The molecule has 0 spiro atoms. The summed E-state index contributed by atoms with van der Waals surface area (Å²) >= 11 is 12.1. The normalized spacial score (nSPS) is 10.6. The van der Waals surface area contributed by atoms with Gasteiger partial charge in [-0.15, -0.1) is 0 Å². The van der Waals surface area contributed by atoms with E-state index in [1.54, 1.807) is 6.07 Å². The van der Waals surface area contributed by atoms with E-state index in [4.69, 9.17) is 33.7 Å². The van der Waals surface area contributed by atoms with E-state index in [1.165, 1.54) is 18.2 Å². The molecule has 0 fully saturated rings. The minimum atomic E-state index is -0.350. The Kier molecular flexibility index (Phi) is 5.24. The van der Waals surface area contributed by atoms with E-state index in [0.717, 1.165) is 12.0 Å². The quantitative estimate of drug-likeness (QED) is 0.897. The molecule has 0 bridgehead atoms. The second-order valence-corrected chi connectivity index (χ2v) is 5.14. The van der Waals surface area contributed by atoms with Crippen LogP contribution in [0.2, 0.25) is 10.0 Å². The Morgan fingerprint density at radius 1 is 1.05 bits per heavy atom. The van der Waals surface area contributed by atoms with Gasteiger partial charge in [0.25, 0.3) is 0 Å². The average Bonchev–Trinajstić information content (AvgIpc) is 2.42. The van der Waals surface area contributed by atoms with Gasteiger partial charge >= 0.3 is 0 Å². The van der Waals surface area contributed by atoms with Gasteiger partial charge in [0.15, 0.2) is 0 Å². The van der Waals surface area contributed by atoms with Crippen molar-refractivity contribution in [1.29, 1.82) is 0 Å². The topological polar surface area (TPSA) is 35.2 Å². The SMILES string of the molecule is NCCc1ccc(OCc2cc(F)ccc2Cl)c(Cl)c1. The Morgan fingerprint density at radius 2 is 1.85 bits per heavy atom. The fraction of sp³-hybridized carbons (Fsp3) is 0.200. The van der Waals surface area contributed by atoms with Gasteiger partial charge in [-0.1, -0.05) is 29.3 Å². The molecule has 2 aromatic rings. The smallest absolute Gasteiger partial charge is 0.138 e. The zero-order chi connectivity index (χ0) is 14.5. The van der Waals surface area contributed by atoms with Crippen molar-refractivity contribution in [3.05, 3.63) is 63.4 Å². The highest BCUT2D eigenvalue weighted by Gasteiger charge is 2.06. The van der Waals surface area contributed by atoms with E-state index >= 15 is 0 Å². The minimum Gasteiger partial charge on any atom is -0.487 e. The van der Waals surface area contributed by atoms with Crippen LogP contribution in [0.25, 0.3) is 0 Å². The molecular weight excluding hydrogens is 300 g/mol. The van der Waals surface area contributed by atoms with E-state index in [1.807, 2.05) is 12.1 Å². The molecule has 0 unspecified atom stereocenters. The summed E-state index contributed by atoms with van der Waals surface area (Å²) in [6.07, 6.45) is 0.760. The molecule has 20 heavy (non-hydrogen) atoms. The lowest BCUT2D eigenvalue weighted by Gasteiger charge is -2.10. The maximum Gasteiger partial charge on any atom is 0.138 e. The van der Waals surface area contributed by atoms with Crippen molar-refractivity contribution in [3.63, 3.8) is 0 Å². The third kappa shape index (κ3) is 3.85. The molecule has 0 saturated carbocycles. The van der Waals surface area contributed by atoms with Gasteiger partial charge in [0.05, 0.1) is 5.02 Å². The lowest BCUT2D eigenvalue weighted by Crippen LogP contribution is -2.03. The maximum atomic E-state index is 13.1. The van der Waals surface area contributed by atoms with E-state index in [2.05, 4.69) is 0 Å². The molecule has 0 aliphatic carbocycles. The van der Waals surface area contributed by atoms with Crippen molar-refractivity contribution in [2.75, 3.05) is 6.54 Å². The molecule has 0 aliphatic heterocycles. The van der Waals surface area contributed by atoms with Crippen molar-refractivity contribution in [2.45, 2.75) is 13.0 Å². The Labute approximate surface area is 127 Å². The largest absolute Gasteiger partial charge is 0.487 e. The van der Waals surface area contributed by atoms with E-state index in [-0.39, 0.29) is 12.4 Å². The van der Waals surface area contributed by atoms with Crippen molar-refractivity contribution < 1.29 is 9.13 Å². The molecule has 2 N–H and O–H groups in total. The van der Waals surface area contributed by atoms with Gasteiger partial charge in [0.1, 0.15) is 18.2 Å². The van der Waals surface area contributed by atoms with Crippen LogP contribution >= 0.6 is 23.2 Å². The van der Waals surface area contributed by atoms with Gasteiger partial charge < -0.3 is 10.5 Å². The predicted octanol–water partition coefficient (Wildman–Crippen LogP) is 4.21. The van der Waals surface area contributed by atoms with Gasteiger partial charge in [-0.25, -0.2) is 4.39 Å². The molecule has 0 radical (unpaired) electrons. The second-order valence-electron chi connectivity index (χ2n) is 4.33. The molecule has 5 heteroatoms. The third-order valence-electron chi connectivity index (χ3n) is 2.82. The molecule has 2 nitrogen and oxygen atoms in total. The summed E-state index contributed by atoms with van der Waals surface area (Å²) in [5, 5.41) is 0.964. The highest BCUT2D eigenvalue weighted by atomic mass is 35.5. The number of hydrogen-bond donors (Lipinski definition) is 1. The van der Waals surface area contributed by atoms with Crippen LogP contribution in [0.4, 0.5) is 4.39 Å². The molecule has 0 saturated heterocycles. The van der Waals surface area contributed by atoms with Crippen LogP contribution in [0.15, 0.2) is 36.4 Å². The van der Waals surface area contributed by atoms with E-state index in [0.29, 0.717) is 27.9 Å². The number of halogens is 3. The first-order chi connectivity index (χ1) is 9.60. The monoisotopic (exact) mass is 313 g/mol. The molecule has 2 rings (SSSR count). The number of nitrogens with two attached hydrogens (primary N) is 1. The van der Waals surface area contributed by atoms with Gasteiger partial charge in [-0.3, -0.25) is 0 Å². The third-order valence-corrected chi connectivity index (χ3v) is 3.48. The Hall–Kier alpha value is -1.29. The molecule has 0 aromatic heterocycles. The second kappa shape index (κ2) is 6.93. The summed E-state index contributed by atoms with van der Waals surface area (Å²) in [5.41, 5.74) is 7.12. The lowest BCUT2D eigenvalue weighted by molar-refractivity contribution is 0.306. The van der Waals surface area contributed by atoms with Crippen LogP contribution in [0.3, 0.4) is 0 Å². The zero-order valence-electron chi connectivity index (χ0n) is 10.7. The minimum absolute atomic E-state index is 0.159. The molecule has 2 aromatic carbocycles. The van der Waals surface area contributed by atoms with Crippen LogP contribution in [-0.2, 0) is 13.0 Å². The number of ether oxygens (including phenoxy) is 1. The summed E-state index contributed by atoms with van der Waals surface area (Å²) in [6, 6.07) is 9.65. The lowest BCUT2D eigenvalue weighted by atomic mass is 10.1. The summed E-state index contributed by atoms with van der Waals surface area (Å²) in [4.78, 5) is 0. The van der Waals surface area contributed by atoms with Gasteiger partial charge in [0, 0.05) is 10.6 Å². The van der Waals surface area contributed by atoms with Gasteiger partial charge in [0.2, 0.25) is 0 Å². The highest BCUT2D eigenvalue weighted by molar-refractivity contribution is 6.32. The highest BCUT2D eigenvalue weighted by Crippen LogP contribution is 2.27. The van der Waals surface area contributed by atoms with Crippen LogP contribution in [0.5, 0.6) is 5.75 Å². The molecule has 0 atom stereocenters. The predicted molar refractivity (Wildman–Crippen MR) is 80.0 cm³/mol. The Bertz CT molecular complexity index is 604. The van der Waals surface area contributed by atoms with Gasteiger partial charge in [-0.2, -0.15) is 0 Å². The molecule has 0 amide bonds. The van der Waals surface area contributed by atoms with Crippen LogP contribution in [0.1, 0.15) is 11.1 Å². The Morgan fingerprint density at radius 3 is 2.55 bits per heavy atom. The van der Waals surface area contributed by atoms with Crippen molar-refractivity contribution in [2.24, 2.45) is 5.73 Å². The van der Waals surface area contributed by atoms with E-state index in [9.17, 15) is 4.39 Å². The summed E-state index contributed by atoms with van der Waals surface area (Å²) in [6.45, 7) is 0.724. The standard InChI is InChI=1S/C15H14Cl2FNO/c16-13-3-2-12(18)8-11(13)9-20-15-4-1-10(5-6-19)7-14(15)17/h1-4,7-8H,5-6,9,19H2. The van der Waals surface area contributed by atoms with Crippen molar-refractivity contribution >= 4 is 23.2 Å². The first kappa shape index (κ1) is 15.1. The molecule has 106 valence electrons. The summed E-state index contributed by atoms with van der Waals surface area (Å²) < 4.78 is 18.7. The first-order valence-corrected chi connectivity index (χ1v) is 6.91. The number of rotatable bonds is 5. The molecule has 0 heterocycles. The zero-order valence-corrected chi connectivity index (χ0v) is 12.2. The number of hydrogen-bond acceptors (Lipinski definition) is 2. The van der Waals surface area contributed by atoms with Crippen LogP contribution < -0.4 is 10.5 Å². The fourth-order valence-electron chi connectivity index (χ4n) is 1.79.